The molecule has 0 aliphatic carbocycles. The van der Waals surface area contributed by atoms with E-state index in [4.69, 9.17) is 0 Å². The zero-order chi connectivity index (χ0) is 15.6. The van der Waals surface area contributed by atoms with Crippen molar-refractivity contribution in [2.75, 3.05) is 0 Å². The van der Waals surface area contributed by atoms with Gasteiger partial charge in [0.15, 0.2) is 0 Å². The fourth-order valence-electron chi connectivity index (χ4n) is 3.37. The maximum atomic E-state index is 15.6. The maximum absolute atomic E-state index is 15.6. The van der Waals surface area contributed by atoms with Crippen LogP contribution < -0.4 is 4.57 Å². The SMILES string of the molecule is CCC1(C)c2cc(F)cc(F)c2-c2n(cc[n+]2C)C1(C)F. The number of hydrogen-bond donors (Lipinski definition) is 0. The number of imidazole rings is 1. The molecule has 0 fully saturated rings. The third kappa shape index (κ3) is 1.57. The molecule has 0 saturated carbocycles. The summed E-state index contributed by atoms with van der Waals surface area (Å²) in [6.45, 7) is 5.01. The van der Waals surface area contributed by atoms with E-state index in [1.807, 2.05) is 6.92 Å². The minimum absolute atomic E-state index is 0.281. The Morgan fingerprint density at radius 1 is 1.24 bits per heavy atom. The molecule has 1 aromatic carbocycles. The highest BCUT2D eigenvalue weighted by Crippen LogP contribution is 2.52. The van der Waals surface area contributed by atoms with Crippen LogP contribution in [0.25, 0.3) is 11.4 Å². The van der Waals surface area contributed by atoms with Gasteiger partial charge in [-0.25, -0.2) is 13.3 Å². The monoisotopic (exact) mass is 295 g/mol. The van der Waals surface area contributed by atoms with Crippen LogP contribution in [0.1, 0.15) is 32.8 Å². The molecule has 21 heavy (non-hydrogen) atoms. The smallest absolute Gasteiger partial charge is 0.232 e. The molecule has 2 atom stereocenters. The molecule has 0 bridgehead atoms. The van der Waals surface area contributed by atoms with Gasteiger partial charge in [0.2, 0.25) is 0 Å². The van der Waals surface area contributed by atoms with Crippen molar-refractivity contribution < 1.29 is 17.7 Å². The summed E-state index contributed by atoms with van der Waals surface area (Å²) in [4.78, 5) is 0. The van der Waals surface area contributed by atoms with Crippen LogP contribution in [0.2, 0.25) is 0 Å². The molecular formula is C16H18F3N2+. The minimum atomic E-state index is -1.77. The number of benzene rings is 1. The molecule has 2 heterocycles. The number of hydrogen-bond acceptors (Lipinski definition) is 0. The van der Waals surface area contributed by atoms with E-state index >= 15 is 4.39 Å². The molecule has 0 N–H and O–H groups in total. The molecule has 5 heteroatoms. The second kappa shape index (κ2) is 4.12. The van der Waals surface area contributed by atoms with Crippen LogP contribution in [-0.2, 0) is 18.3 Å². The van der Waals surface area contributed by atoms with E-state index in [1.54, 1.807) is 30.9 Å². The standard InChI is InChI=1S/C16H18F3N2/c1-5-15(2)11-8-10(17)9-12(18)13(11)14-20(4)6-7-21(14)16(15,3)19/h6-9H,5H2,1-4H3/q+1. The van der Waals surface area contributed by atoms with Crippen molar-refractivity contribution in [3.05, 3.63) is 41.7 Å². The minimum Gasteiger partial charge on any atom is -0.232 e. The first-order valence-corrected chi connectivity index (χ1v) is 7.00. The van der Waals surface area contributed by atoms with Crippen LogP contribution in [0.4, 0.5) is 13.2 Å². The average Bonchev–Trinajstić information content (AvgIpc) is 2.78. The summed E-state index contributed by atoms with van der Waals surface area (Å²) in [7, 11) is 1.73. The molecule has 2 aromatic rings. The average molecular weight is 295 g/mol. The molecule has 0 amide bonds. The number of fused-ring (bicyclic) bond motifs is 3. The third-order valence-corrected chi connectivity index (χ3v) is 5.04. The van der Waals surface area contributed by atoms with E-state index in [9.17, 15) is 8.78 Å². The van der Waals surface area contributed by atoms with Gasteiger partial charge in [0.1, 0.15) is 29.6 Å². The molecule has 0 radical (unpaired) electrons. The van der Waals surface area contributed by atoms with Gasteiger partial charge < -0.3 is 0 Å². The first-order valence-electron chi connectivity index (χ1n) is 7.00. The van der Waals surface area contributed by atoms with Crippen molar-refractivity contribution in [2.45, 2.75) is 38.4 Å². The van der Waals surface area contributed by atoms with E-state index in [-0.39, 0.29) is 5.56 Å². The van der Waals surface area contributed by atoms with Gasteiger partial charge in [0.05, 0.1) is 12.5 Å². The molecule has 1 aromatic heterocycles. The molecule has 0 saturated heterocycles. The Kier molecular flexibility index (Phi) is 2.78. The van der Waals surface area contributed by atoms with E-state index in [2.05, 4.69) is 0 Å². The summed E-state index contributed by atoms with van der Waals surface area (Å²) in [5.74, 6) is -2.69. The summed E-state index contributed by atoms with van der Waals surface area (Å²) >= 11 is 0. The third-order valence-electron chi connectivity index (χ3n) is 5.04. The van der Waals surface area contributed by atoms with Gasteiger partial charge in [0, 0.05) is 13.0 Å². The normalized spacial score (nSPS) is 27.4. The van der Waals surface area contributed by atoms with Crippen molar-refractivity contribution >= 4 is 0 Å². The van der Waals surface area contributed by atoms with Crippen molar-refractivity contribution in [3.63, 3.8) is 0 Å². The number of rotatable bonds is 1. The topological polar surface area (TPSA) is 8.81 Å². The van der Waals surface area contributed by atoms with Crippen LogP contribution in [0.3, 0.4) is 0 Å². The molecule has 112 valence electrons. The number of halogens is 3. The van der Waals surface area contributed by atoms with Crippen LogP contribution >= 0.6 is 0 Å². The van der Waals surface area contributed by atoms with Gasteiger partial charge >= 0.3 is 0 Å². The summed E-state index contributed by atoms with van der Waals surface area (Å²) < 4.78 is 46.8. The van der Waals surface area contributed by atoms with Crippen LogP contribution in [0.5, 0.6) is 0 Å². The van der Waals surface area contributed by atoms with Crippen LogP contribution in [0, 0.1) is 11.6 Å². The highest BCUT2D eigenvalue weighted by atomic mass is 19.1. The van der Waals surface area contributed by atoms with Gasteiger partial charge in [-0.3, -0.25) is 0 Å². The van der Waals surface area contributed by atoms with Gasteiger partial charge in [-0.15, -0.1) is 0 Å². The second-order valence-corrected chi connectivity index (χ2v) is 6.05. The molecule has 0 spiro atoms. The fraction of sp³-hybridized carbons (Fsp3) is 0.438. The van der Waals surface area contributed by atoms with Crippen molar-refractivity contribution in [1.29, 1.82) is 0 Å². The first-order chi connectivity index (χ1) is 9.74. The van der Waals surface area contributed by atoms with Gasteiger partial charge in [-0.05, 0) is 25.0 Å². The Balaban J connectivity index is 2.50. The molecule has 1 aliphatic rings. The lowest BCUT2D eigenvalue weighted by atomic mass is 9.68. The van der Waals surface area contributed by atoms with Crippen LogP contribution in [0.15, 0.2) is 24.5 Å². The quantitative estimate of drug-likeness (QED) is 0.711. The highest BCUT2D eigenvalue weighted by molar-refractivity contribution is 5.65. The Labute approximate surface area is 121 Å². The van der Waals surface area contributed by atoms with Crippen molar-refractivity contribution in [1.82, 2.24) is 4.57 Å². The zero-order valence-electron chi connectivity index (χ0n) is 12.5. The summed E-state index contributed by atoms with van der Waals surface area (Å²) in [5.41, 5.74) is -0.345. The summed E-state index contributed by atoms with van der Waals surface area (Å²) in [6.07, 6.45) is 3.72. The van der Waals surface area contributed by atoms with Crippen LogP contribution in [-0.4, -0.2) is 4.57 Å². The van der Waals surface area contributed by atoms with Gasteiger partial charge in [-0.2, -0.15) is 8.96 Å². The van der Waals surface area contributed by atoms with Crippen molar-refractivity contribution in [3.8, 4) is 11.4 Å². The zero-order valence-corrected chi connectivity index (χ0v) is 12.5. The molecular weight excluding hydrogens is 277 g/mol. The number of nitrogens with zero attached hydrogens (tertiary/aromatic N) is 2. The molecule has 3 rings (SSSR count). The second-order valence-electron chi connectivity index (χ2n) is 6.05. The predicted octanol–water partition coefficient (Wildman–Crippen LogP) is 3.58. The van der Waals surface area contributed by atoms with Crippen molar-refractivity contribution in [2.24, 2.45) is 7.05 Å². The van der Waals surface area contributed by atoms with E-state index in [0.717, 1.165) is 6.07 Å². The highest BCUT2D eigenvalue weighted by Gasteiger charge is 2.57. The van der Waals surface area contributed by atoms with Gasteiger partial charge in [0.25, 0.3) is 11.6 Å². The molecule has 2 nitrogen and oxygen atoms in total. The number of alkyl halides is 1. The summed E-state index contributed by atoms with van der Waals surface area (Å²) in [6, 6.07) is 2.11. The number of aryl methyl sites for hydroxylation is 1. The first kappa shape index (κ1) is 14.2. The predicted molar refractivity (Wildman–Crippen MR) is 73.4 cm³/mol. The lowest BCUT2D eigenvalue weighted by Crippen LogP contribution is -2.51. The van der Waals surface area contributed by atoms with Gasteiger partial charge in [-0.1, -0.05) is 6.92 Å². The lowest BCUT2D eigenvalue weighted by molar-refractivity contribution is -0.660. The largest absolute Gasteiger partial charge is 0.294 e. The molecule has 2 unspecified atom stereocenters. The lowest BCUT2D eigenvalue weighted by Gasteiger charge is -2.42. The maximum Gasteiger partial charge on any atom is 0.294 e. The Hall–Kier alpha value is -1.78. The summed E-state index contributed by atoms with van der Waals surface area (Å²) in [5, 5.41) is 0. The van der Waals surface area contributed by atoms with E-state index in [1.165, 1.54) is 17.6 Å². The fourth-order valence-corrected chi connectivity index (χ4v) is 3.37. The van der Waals surface area contributed by atoms with E-state index in [0.29, 0.717) is 17.8 Å². The Bertz CT molecular complexity index is 733. The van der Waals surface area contributed by atoms with E-state index < -0.39 is 22.8 Å². The Morgan fingerprint density at radius 3 is 2.52 bits per heavy atom. The Morgan fingerprint density at radius 2 is 1.90 bits per heavy atom. The molecule has 1 aliphatic heterocycles. The number of aromatic nitrogens is 2.